The maximum atomic E-state index is 5.90. The monoisotopic (exact) mass is 324 g/mol. The highest BCUT2D eigenvalue weighted by molar-refractivity contribution is 5.63. The van der Waals surface area contributed by atoms with Crippen LogP contribution in [0.15, 0.2) is 48.8 Å². The number of likely N-dealkylation sites (tertiary alicyclic amines) is 1. The molecule has 0 bridgehead atoms. The second-order valence-corrected chi connectivity index (χ2v) is 7.17. The zero-order valence-electron chi connectivity index (χ0n) is 14.8. The van der Waals surface area contributed by atoms with E-state index in [4.69, 9.17) is 4.74 Å². The molecule has 3 heteroatoms. The van der Waals surface area contributed by atoms with Gasteiger partial charge < -0.3 is 9.64 Å². The highest BCUT2D eigenvalue weighted by Crippen LogP contribution is 2.22. The van der Waals surface area contributed by atoms with Gasteiger partial charge in [0.05, 0.1) is 6.61 Å². The molecule has 24 heavy (non-hydrogen) atoms. The fourth-order valence-electron chi connectivity index (χ4n) is 3.74. The van der Waals surface area contributed by atoms with Gasteiger partial charge in [-0.3, -0.25) is 4.98 Å². The Morgan fingerprint density at radius 1 is 0.958 bits per heavy atom. The van der Waals surface area contributed by atoms with Gasteiger partial charge in [0, 0.05) is 32.0 Å². The van der Waals surface area contributed by atoms with E-state index in [2.05, 4.69) is 48.0 Å². The average Bonchev–Trinajstić information content (AvgIpc) is 2.59. The Bertz CT molecular complexity index is 601. The Morgan fingerprint density at radius 3 is 2.25 bits per heavy atom. The molecule has 0 aliphatic carbocycles. The summed E-state index contributed by atoms with van der Waals surface area (Å²) in [5, 5.41) is 0. The lowest BCUT2D eigenvalue weighted by molar-refractivity contribution is 0.132. The Labute approximate surface area is 145 Å². The zero-order chi connectivity index (χ0) is 16.8. The summed E-state index contributed by atoms with van der Waals surface area (Å²) in [6.07, 6.45) is 6.10. The van der Waals surface area contributed by atoms with Gasteiger partial charge in [0.2, 0.25) is 0 Å². The van der Waals surface area contributed by atoms with Crippen molar-refractivity contribution >= 4 is 0 Å². The standard InChI is InChI=1S/C21H28N2O/c1-17-14-18(2)16-23(15-17)12-3-13-24-21-6-4-19(5-7-21)20-8-10-22-11-9-20/h4-11,17-18H,3,12-16H2,1-2H3/t17-,18?/m0/s1. The number of hydrogen-bond donors (Lipinski definition) is 0. The molecule has 3 nitrogen and oxygen atoms in total. The molecular formula is C21H28N2O. The lowest BCUT2D eigenvalue weighted by Crippen LogP contribution is -2.39. The number of piperidine rings is 1. The number of rotatable bonds is 6. The van der Waals surface area contributed by atoms with Crippen LogP contribution in [0.5, 0.6) is 5.75 Å². The van der Waals surface area contributed by atoms with Crippen LogP contribution in [0.1, 0.15) is 26.7 Å². The number of aromatic nitrogens is 1. The van der Waals surface area contributed by atoms with E-state index in [1.165, 1.54) is 30.6 Å². The number of nitrogens with zero attached hydrogens (tertiary/aromatic N) is 2. The fourth-order valence-corrected chi connectivity index (χ4v) is 3.74. The van der Waals surface area contributed by atoms with Gasteiger partial charge in [0.1, 0.15) is 5.75 Å². The summed E-state index contributed by atoms with van der Waals surface area (Å²) < 4.78 is 5.90. The van der Waals surface area contributed by atoms with Crippen LogP contribution in [0.3, 0.4) is 0 Å². The van der Waals surface area contributed by atoms with Crippen molar-refractivity contribution < 1.29 is 4.74 Å². The molecule has 0 N–H and O–H groups in total. The molecule has 1 fully saturated rings. The molecular weight excluding hydrogens is 296 g/mol. The SMILES string of the molecule is CC1C[C@H](C)CN(CCCOc2ccc(-c3ccncc3)cc2)C1. The minimum absolute atomic E-state index is 0.786. The fraction of sp³-hybridized carbons (Fsp3) is 0.476. The molecule has 1 unspecified atom stereocenters. The molecule has 1 aliphatic rings. The minimum Gasteiger partial charge on any atom is -0.494 e. The molecule has 1 saturated heterocycles. The first-order chi connectivity index (χ1) is 11.7. The summed E-state index contributed by atoms with van der Waals surface area (Å²) in [5.74, 6) is 2.61. The van der Waals surface area contributed by atoms with Crippen LogP contribution in [0.4, 0.5) is 0 Å². The quantitative estimate of drug-likeness (QED) is 0.732. The van der Waals surface area contributed by atoms with Crippen molar-refractivity contribution in [2.24, 2.45) is 11.8 Å². The normalized spacial score (nSPS) is 21.6. The van der Waals surface area contributed by atoms with E-state index < -0.39 is 0 Å². The van der Waals surface area contributed by atoms with Crippen molar-refractivity contribution in [3.63, 3.8) is 0 Å². The van der Waals surface area contributed by atoms with Crippen molar-refractivity contribution in [2.45, 2.75) is 26.7 Å². The van der Waals surface area contributed by atoms with Gasteiger partial charge in [-0.1, -0.05) is 26.0 Å². The number of ether oxygens (including phenoxy) is 1. The largest absolute Gasteiger partial charge is 0.494 e. The first kappa shape index (κ1) is 17.0. The molecule has 1 aliphatic heterocycles. The summed E-state index contributed by atoms with van der Waals surface area (Å²) in [5.41, 5.74) is 2.38. The van der Waals surface area contributed by atoms with E-state index in [-0.39, 0.29) is 0 Å². The van der Waals surface area contributed by atoms with Crippen LogP contribution in [0, 0.1) is 11.8 Å². The van der Waals surface area contributed by atoms with Gasteiger partial charge in [-0.05, 0) is 60.1 Å². The Morgan fingerprint density at radius 2 is 1.58 bits per heavy atom. The first-order valence-electron chi connectivity index (χ1n) is 9.06. The third-order valence-electron chi connectivity index (χ3n) is 4.70. The van der Waals surface area contributed by atoms with E-state index in [1.807, 2.05) is 24.5 Å². The van der Waals surface area contributed by atoms with Crippen LogP contribution in [-0.4, -0.2) is 36.1 Å². The molecule has 0 spiro atoms. The van der Waals surface area contributed by atoms with Crippen LogP contribution in [0.25, 0.3) is 11.1 Å². The summed E-state index contributed by atoms with van der Waals surface area (Å²) in [7, 11) is 0. The van der Waals surface area contributed by atoms with Crippen LogP contribution in [0.2, 0.25) is 0 Å². The third-order valence-corrected chi connectivity index (χ3v) is 4.70. The molecule has 0 radical (unpaired) electrons. The molecule has 0 saturated carbocycles. The molecule has 1 aromatic heterocycles. The zero-order valence-corrected chi connectivity index (χ0v) is 14.8. The molecule has 2 atom stereocenters. The molecule has 2 heterocycles. The number of benzene rings is 1. The van der Waals surface area contributed by atoms with Gasteiger partial charge >= 0.3 is 0 Å². The first-order valence-corrected chi connectivity index (χ1v) is 9.06. The van der Waals surface area contributed by atoms with Crippen molar-refractivity contribution in [1.29, 1.82) is 0 Å². The average molecular weight is 324 g/mol. The van der Waals surface area contributed by atoms with Gasteiger partial charge in [-0.25, -0.2) is 0 Å². The predicted octanol–water partition coefficient (Wildman–Crippen LogP) is 4.50. The highest BCUT2D eigenvalue weighted by Gasteiger charge is 2.20. The van der Waals surface area contributed by atoms with E-state index in [1.54, 1.807) is 0 Å². The molecule has 128 valence electrons. The predicted molar refractivity (Wildman–Crippen MR) is 99.2 cm³/mol. The summed E-state index contributed by atoms with van der Waals surface area (Å²) in [4.78, 5) is 6.65. The molecule has 0 amide bonds. The number of pyridine rings is 1. The molecule has 3 rings (SSSR count). The Kier molecular flexibility index (Phi) is 5.86. The van der Waals surface area contributed by atoms with Crippen molar-refractivity contribution in [3.05, 3.63) is 48.8 Å². The van der Waals surface area contributed by atoms with Crippen LogP contribution >= 0.6 is 0 Å². The topological polar surface area (TPSA) is 25.4 Å². The Balaban J connectivity index is 1.42. The van der Waals surface area contributed by atoms with Gasteiger partial charge in [0.15, 0.2) is 0 Å². The van der Waals surface area contributed by atoms with Gasteiger partial charge in [0.25, 0.3) is 0 Å². The smallest absolute Gasteiger partial charge is 0.119 e. The van der Waals surface area contributed by atoms with Crippen molar-refractivity contribution in [2.75, 3.05) is 26.2 Å². The van der Waals surface area contributed by atoms with Gasteiger partial charge in [-0.15, -0.1) is 0 Å². The summed E-state index contributed by atoms with van der Waals surface area (Å²) in [6.45, 7) is 9.14. The maximum absolute atomic E-state index is 5.90. The highest BCUT2D eigenvalue weighted by atomic mass is 16.5. The molecule has 2 aromatic rings. The van der Waals surface area contributed by atoms with E-state index in [0.29, 0.717) is 0 Å². The second-order valence-electron chi connectivity index (χ2n) is 7.17. The third kappa shape index (κ3) is 4.81. The Hall–Kier alpha value is -1.87. The van der Waals surface area contributed by atoms with Crippen molar-refractivity contribution in [3.8, 4) is 16.9 Å². The number of hydrogen-bond acceptors (Lipinski definition) is 3. The minimum atomic E-state index is 0.786. The van der Waals surface area contributed by atoms with Crippen LogP contribution in [-0.2, 0) is 0 Å². The second kappa shape index (κ2) is 8.29. The van der Waals surface area contributed by atoms with Crippen molar-refractivity contribution in [1.82, 2.24) is 9.88 Å². The van der Waals surface area contributed by atoms with E-state index in [9.17, 15) is 0 Å². The molecule has 1 aromatic carbocycles. The lowest BCUT2D eigenvalue weighted by Gasteiger charge is -2.34. The summed E-state index contributed by atoms with van der Waals surface area (Å²) in [6, 6.07) is 12.4. The van der Waals surface area contributed by atoms with Crippen LogP contribution < -0.4 is 4.74 Å². The van der Waals surface area contributed by atoms with E-state index in [0.717, 1.165) is 37.2 Å². The van der Waals surface area contributed by atoms with E-state index >= 15 is 0 Å². The maximum Gasteiger partial charge on any atom is 0.119 e. The lowest BCUT2D eigenvalue weighted by atomic mass is 9.92. The van der Waals surface area contributed by atoms with Gasteiger partial charge in [-0.2, -0.15) is 0 Å². The summed E-state index contributed by atoms with van der Waals surface area (Å²) >= 11 is 0.